The smallest absolute Gasteiger partial charge is 0.127 e. The van der Waals surface area contributed by atoms with Crippen molar-refractivity contribution in [2.45, 2.75) is 25.4 Å². The summed E-state index contributed by atoms with van der Waals surface area (Å²) >= 11 is 0. The van der Waals surface area contributed by atoms with E-state index in [2.05, 4.69) is 46.0 Å². The molecule has 0 unspecified atom stereocenters. The molecule has 0 aliphatic carbocycles. The first-order valence-corrected chi connectivity index (χ1v) is 10.2. The predicted molar refractivity (Wildman–Crippen MR) is 110 cm³/mol. The lowest BCUT2D eigenvalue weighted by Gasteiger charge is -2.42. The lowest BCUT2D eigenvalue weighted by molar-refractivity contribution is 0.0658. The number of likely N-dealkylation sites (N-methyl/N-ethyl adjacent to an activating group) is 1. The molecule has 0 spiro atoms. The molecule has 2 heterocycles. The molecule has 2 aromatic rings. The third-order valence-corrected chi connectivity index (χ3v) is 5.92. The van der Waals surface area contributed by atoms with E-state index in [-0.39, 0.29) is 0 Å². The summed E-state index contributed by atoms with van der Waals surface area (Å²) in [4.78, 5) is 7.75. The van der Waals surface area contributed by atoms with E-state index in [1.54, 1.807) is 0 Å². The number of benzene rings is 2. The van der Waals surface area contributed by atoms with Crippen LogP contribution in [0.4, 0.5) is 0 Å². The van der Waals surface area contributed by atoms with Crippen molar-refractivity contribution in [1.82, 2.24) is 14.7 Å². The van der Waals surface area contributed by atoms with Crippen molar-refractivity contribution in [3.63, 3.8) is 0 Å². The molecule has 4 nitrogen and oxygen atoms in total. The van der Waals surface area contributed by atoms with Gasteiger partial charge in [-0.15, -0.1) is 0 Å². The molecule has 2 aliphatic rings. The van der Waals surface area contributed by atoms with Crippen LogP contribution in [0.5, 0.6) is 11.5 Å². The van der Waals surface area contributed by atoms with Gasteiger partial charge in [0.1, 0.15) is 11.5 Å². The summed E-state index contributed by atoms with van der Waals surface area (Å²) in [5, 5.41) is 0. The Morgan fingerprint density at radius 3 is 2.07 bits per heavy atom. The number of likely N-dealkylation sites (tertiary alicyclic amines) is 1. The number of hydrogen-bond donors (Lipinski definition) is 0. The molecule has 2 aromatic carbocycles. The summed E-state index contributed by atoms with van der Waals surface area (Å²) in [7, 11) is 2.23. The van der Waals surface area contributed by atoms with E-state index in [0.717, 1.165) is 24.1 Å². The van der Waals surface area contributed by atoms with Crippen LogP contribution in [0.3, 0.4) is 0 Å². The molecular weight excluding hydrogens is 334 g/mol. The highest BCUT2D eigenvalue weighted by Crippen LogP contribution is 2.23. The Hall–Kier alpha value is -1.88. The third kappa shape index (κ3) is 5.10. The maximum Gasteiger partial charge on any atom is 0.127 e. The van der Waals surface area contributed by atoms with Crippen molar-refractivity contribution in [3.8, 4) is 11.5 Å². The number of piperidine rings is 1. The number of piperazine rings is 1. The van der Waals surface area contributed by atoms with Crippen LogP contribution in [-0.4, -0.2) is 67.1 Å². The van der Waals surface area contributed by atoms with Crippen molar-refractivity contribution >= 4 is 0 Å². The molecule has 2 saturated heterocycles. The second-order valence-corrected chi connectivity index (χ2v) is 7.91. The highest BCUT2D eigenvalue weighted by molar-refractivity contribution is 5.32. The standard InChI is InChI=1S/C23H31N3O/c1-24-15-17-26(18-16-24)21-11-13-25(14-12-21)19-20-7-9-23(10-8-20)27-22-5-3-2-4-6-22/h2-10,21H,11-19H2,1H3. The van der Waals surface area contributed by atoms with Crippen molar-refractivity contribution in [3.05, 3.63) is 60.2 Å². The fourth-order valence-corrected chi connectivity index (χ4v) is 4.18. The molecule has 0 N–H and O–H groups in total. The van der Waals surface area contributed by atoms with Gasteiger partial charge in [0.2, 0.25) is 0 Å². The van der Waals surface area contributed by atoms with Gasteiger partial charge in [-0.2, -0.15) is 0 Å². The van der Waals surface area contributed by atoms with Gasteiger partial charge in [-0.1, -0.05) is 30.3 Å². The first kappa shape index (κ1) is 18.5. The van der Waals surface area contributed by atoms with Crippen molar-refractivity contribution in [2.24, 2.45) is 0 Å². The molecule has 4 rings (SSSR count). The summed E-state index contributed by atoms with van der Waals surface area (Å²) < 4.78 is 5.89. The first-order chi connectivity index (χ1) is 13.3. The van der Waals surface area contributed by atoms with Crippen LogP contribution in [0, 0.1) is 0 Å². The van der Waals surface area contributed by atoms with Gasteiger partial charge in [0.25, 0.3) is 0 Å². The average Bonchev–Trinajstić information content (AvgIpc) is 2.72. The number of nitrogens with zero attached hydrogens (tertiary/aromatic N) is 3. The number of ether oxygens (including phenoxy) is 1. The minimum atomic E-state index is 0.789. The molecule has 2 aliphatic heterocycles. The van der Waals surface area contributed by atoms with Crippen LogP contribution in [-0.2, 0) is 6.54 Å². The maximum absolute atomic E-state index is 5.89. The SMILES string of the molecule is CN1CCN(C2CCN(Cc3ccc(Oc4ccccc4)cc3)CC2)CC1. The summed E-state index contributed by atoms with van der Waals surface area (Å²) in [6.45, 7) is 8.38. The number of rotatable bonds is 5. The van der Waals surface area contributed by atoms with Crippen LogP contribution < -0.4 is 4.74 Å². The van der Waals surface area contributed by atoms with Crippen LogP contribution in [0.2, 0.25) is 0 Å². The molecule has 0 radical (unpaired) electrons. The van der Waals surface area contributed by atoms with Crippen LogP contribution in [0.15, 0.2) is 54.6 Å². The molecular formula is C23H31N3O. The minimum Gasteiger partial charge on any atom is -0.457 e. The Balaban J connectivity index is 1.24. The molecule has 0 aromatic heterocycles. The zero-order valence-corrected chi connectivity index (χ0v) is 16.4. The van der Waals surface area contributed by atoms with Gasteiger partial charge in [0.05, 0.1) is 0 Å². The van der Waals surface area contributed by atoms with Gasteiger partial charge < -0.3 is 9.64 Å². The maximum atomic E-state index is 5.89. The average molecular weight is 366 g/mol. The lowest BCUT2D eigenvalue weighted by atomic mass is 10.0. The molecule has 0 saturated carbocycles. The van der Waals surface area contributed by atoms with E-state index in [4.69, 9.17) is 4.74 Å². The number of hydrogen-bond acceptors (Lipinski definition) is 4. The zero-order valence-electron chi connectivity index (χ0n) is 16.4. The summed E-state index contributed by atoms with van der Waals surface area (Å²) in [6.07, 6.45) is 2.61. The monoisotopic (exact) mass is 365 g/mol. The molecule has 2 fully saturated rings. The van der Waals surface area contributed by atoms with Gasteiger partial charge in [-0.05, 0) is 62.8 Å². The Morgan fingerprint density at radius 1 is 0.778 bits per heavy atom. The molecule has 144 valence electrons. The predicted octanol–water partition coefficient (Wildman–Crippen LogP) is 3.69. The Labute approximate surface area is 163 Å². The van der Waals surface area contributed by atoms with E-state index in [1.165, 1.54) is 57.7 Å². The third-order valence-electron chi connectivity index (χ3n) is 5.92. The second kappa shape index (κ2) is 8.87. The summed E-state index contributed by atoms with van der Waals surface area (Å²) in [5.41, 5.74) is 1.37. The van der Waals surface area contributed by atoms with Crippen molar-refractivity contribution in [2.75, 3.05) is 46.3 Å². The Morgan fingerprint density at radius 2 is 1.41 bits per heavy atom. The topological polar surface area (TPSA) is 19.0 Å². The normalized spacial score (nSPS) is 20.6. The van der Waals surface area contributed by atoms with Gasteiger partial charge in [-0.3, -0.25) is 9.80 Å². The molecule has 0 bridgehead atoms. The first-order valence-electron chi connectivity index (χ1n) is 10.2. The van der Waals surface area contributed by atoms with E-state index in [1.807, 2.05) is 30.3 Å². The van der Waals surface area contributed by atoms with Crippen LogP contribution in [0.25, 0.3) is 0 Å². The quantitative estimate of drug-likeness (QED) is 0.804. The van der Waals surface area contributed by atoms with Gasteiger partial charge in [0.15, 0.2) is 0 Å². The highest BCUT2D eigenvalue weighted by Gasteiger charge is 2.26. The van der Waals surface area contributed by atoms with Crippen LogP contribution >= 0.6 is 0 Å². The largest absolute Gasteiger partial charge is 0.457 e. The summed E-state index contributed by atoms with van der Waals surface area (Å²) in [5.74, 6) is 1.79. The minimum absolute atomic E-state index is 0.789. The Bertz CT molecular complexity index is 687. The molecule has 0 atom stereocenters. The Kier molecular flexibility index (Phi) is 6.07. The molecule has 27 heavy (non-hydrogen) atoms. The molecule has 0 amide bonds. The van der Waals surface area contributed by atoms with E-state index < -0.39 is 0 Å². The summed E-state index contributed by atoms with van der Waals surface area (Å²) in [6, 6.07) is 19.3. The lowest BCUT2D eigenvalue weighted by Crippen LogP contribution is -2.52. The highest BCUT2D eigenvalue weighted by atomic mass is 16.5. The fraction of sp³-hybridized carbons (Fsp3) is 0.478. The second-order valence-electron chi connectivity index (χ2n) is 7.91. The van der Waals surface area contributed by atoms with E-state index in [0.29, 0.717) is 0 Å². The van der Waals surface area contributed by atoms with Gasteiger partial charge >= 0.3 is 0 Å². The van der Waals surface area contributed by atoms with E-state index >= 15 is 0 Å². The van der Waals surface area contributed by atoms with E-state index in [9.17, 15) is 0 Å². The fourth-order valence-electron chi connectivity index (χ4n) is 4.18. The molecule has 4 heteroatoms. The van der Waals surface area contributed by atoms with Crippen molar-refractivity contribution in [1.29, 1.82) is 0 Å². The van der Waals surface area contributed by atoms with Crippen molar-refractivity contribution < 1.29 is 4.74 Å². The zero-order chi connectivity index (χ0) is 18.5. The number of para-hydroxylation sites is 1. The van der Waals surface area contributed by atoms with Gasteiger partial charge in [0, 0.05) is 38.8 Å². The van der Waals surface area contributed by atoms with Gasteiger partial charge in [-0.25, -0.2) is 0 Å². The van der Waals surface area contributed by atoms with Crippen LogP contribution in [0.1, 0.15) is 18.4 Å².